The van der Waals surface area contributed by atoms with Gasteiger partial charge in [-0.15, -0.1) is 0 Å². The summed E-state index contributed by atoms with van der Waals surface area (Å²) in [6.45, 7) is 5.98. The van der Waals surface area contributed by atoms with Gasteiger partial charge < -0.3 is 5.32 Å². The van der Waals surface area contributed by atoms with E-state index in [1.54, 1.807) is 18.3 Å². The Kier molecular flexibility index (Phi) is 5.14. The Labute approximate surface area is 171 Å². The standard InChI is InChI=1S/C24H25N3O2/c1-14-12-18-23(19(28)13-14)22(17-9-5-4-8-15(17)2)21(16(3)26-18)24(29)27-20-10-6-7-11-25-20/h4-11,14,22-23H,12-13H2,1-3H3,(H,25,27,29)/t14-,22-,23?/m0/s1. The van der Waals surface area contributed by atoms with Crippen LogP contribution in [-0.4, -0.2) is 22.4 Å². The normalized spacial score (nSPS) is 24.0. The number of amides is 1. The Balaban J connectivity index is 1.83. The molecule has 5 heteroatoms. The summed E-state index contributed by atoms with van der Waals surface area (Å²) >= 11 is 0. The second-order valence-electron chi connectivity index (χ2n) is 8.06. The summed E-state index contributed by atoms with van der Waals surface area (Å²) in [5.41, 5.74) is 4.23. The molecule has 1 amide bonds. The number of anilines is 1. The van der Waals surface area contributed by atoms with Gasteiger partial charge in [0.25, 0.3) is 5.91 Å². The molecule has 1 N–H and O–H groups in total. The van der Waals surface area contributed by atoms with Crippen LogP contribution in [0.25, 0.3) is 0 Å². The van der Waals surface area contributed by atoms with Crippen molar-refractivity contribution in [3.8, 4) is 0 Å². The average Bonchev–Trinajstić information content (AvgIpc) is 2.67. The van der Waals surface area contributed by atoms with Gasteiger partial charge in [0, 0.05) is 35.5 Å². The molecule has 148 valence electrons. The van der Waals surface area contributed by atoms with E-state index in [-0.39, 0.29) is 29.4 Å². The number of nitrogens with one attached hydrogen (secondary N) is 1. The third-order valence-electron chi connectivity index (χ3n) is 5.83. The molecule has 2 heterocycles. The summed E-state index contributed by atoms with van der Waals surface area (Å²) in [6.07, 6.45) is 2.96. The predicted octanol–water partition coefficient (Wildman–Crippen LogP) is 4.46. The number of rotatable bonds is 3. The lowest BCUT2D eigenvalue weighted by Gasteiger charge is -2.38. The van der Waals surface area contributed by atoms with E-state index in [1.165, 1.54) is 0 Å². The van der Waals surface area contributed by atoms with E-state index in [9.17, 15) is 9.59 Å². The van der Waals surface area contributed by atoms with E-state index in [4.69, 9.17) is 4.99 Å². The molecular formula is C24H25N3O2. The molecule has 3 atom stereocenters. The van der Waals surface area contributed by atoms with Crippen LogP contribution in [0.3, 0.4) is 0 Å². The molecule has 1 aromatic heterocycles. The second-order valence-corrected chi connectivity index (χ2v) is 8.06. The van der Waals surface area contributed by atoms with Crippen molar-refractivity contribution in [1.29, 1.82) is 0 Å². The molecule has 1 unspecified atom stereocenters. The molecule has 29 heavy (non-hydrogen) atoms. The fourth-order valence-electron chi connectivity index (χ4n) is 4.57. The number of carbonyl (C=O) groups excluding carboxylic acids is 2. The van der Waals surface area contributed by atoms with Crippen molar-refractivity contribution in [1.82, 2.24) is 4.98 Å². The van der Waals surface area contributed by atoms with Gasteiger partial charge in [-0.05, 0) is 49.4 Å². The Morgan fingerprint density at radius 2 is 1.79 bits per heavy atom. The van der Waals surface area contributed by atoms with Crippen LogP contribution in [0, 0.1) is 18.8 Å². The van der Waals surface area contributed by atoms with Crippen LogP contribution in [0.4, 0.5) is 5.82 Å². The van der Waals surface area contributed by atoms with Crippen molar-refractivity contribution >= 4 is 23.2 Å². The van der Waals surface area contributed by atoms with Crippen LogP contribution < -0.4 is 5.32 Å². The van der Waals surface area contributed by atoms with Gasteiger partial charge in [-0.25, -0.2) is 4.98 Å². The van der Waals surface area contributed by atoms with Crippen molar-refractivity contribution in [2.24, 2.45) is 16.8 Å². The number of carbonyl (C=O) groups is 2. The highest BCUT2D eigenvalue weighted by atomic mass is 16.2. The number of Topliss-reactive ketones (excluding diaryl/α,β-unsaturated/α-hetero) is 1. The van der Waals surface area contributed by atoms with Gasteiger partial charge in [0.15, 0.2) is 0 Å². The molecule has 0 spiro atoms. The summed E-state index contributed by atoms with van der Waals surface area (Å²) < 4.78 is 0. The molecule has 1 aromatic carbocycles. The number of hydrogen-bond donors (Lipinski definition) is 1. The molecule has 2 aromatic rings. The summed E-state index contributed by atoms with van der Waals surface area (Å²) in [7, 11) is 0. The number of pyridine rings is 1. The summed E-state index contributed by atoms with van der Waals surface area (Å²) in [6, 6.07) is 13.4. The predicted molar refractivity (Wildman–Crippen MR) is 114 cm³/mol. The third kappa shape index (κ3) is 3.65. The molecule has 1 fully saturated rings. The fourth-order valence-corrected chi connectivity index (χ4v) is 4.57. The van der Waals surface area contributed by atoms with Gasteiger partial charge in [0.1, 0.15) is 11.6 Å². The highest BCUT2D eigenvalue weighted by Gasteiger charge is 2.45. The Morgan fingerprint density at radius 1 is 1.03 bits per heavy atom. The number of benzene rings is 1. The van der Waals surface area contributed by atoms with Crippen LogP contribution >= 0.6 is 0 Å². The highest BCUT2D eigenvalue weighted by molar-refractivity contribution is 6.14. The maximum absolute atomic E-state index is 13.3. The first-order valence-electron chi connectivity index (χ1n) is 10.0. The van der Waals surface area contributed by atoms with E-state index in [1.807, 2.05) is 44.2 Å². The van der Waals surface area contributed by atoms with Crippen LogP contribution in [0.1, 0.15) is 43.7 Å². The minimum absolute atomic E-state index is 0.173. The lowest BCUT2D eigenvalue weighted by atomic mass is 9.66. The monoisotopic (exact) mass is 387 g/mol. The quantitative estimate of drug-likeness (QED) is 0.845. The van der Waals surface area contributed by atoms with Crippen LogP contribution in [0.15, 0.2) is 64.9 Å². The van der Waals surface area contributed by atoms with E-state index in [0.29, 0.717) is 23.5 Å². The minimum Gasteiger partial charge on any atom is -0.307 e. The Morgan fingerprint density at radius 3 is 2.52 bits per heavy atom. The zero-order valence-electron chi connectivity index (χ0n) is 17.0. The maximum atomic E-state index is 13.3. The molecule has 0 bridgehead atoms. The number of hydrogen-bond acceptors (Lipinski definition) is 4. The molecule has 1 saturated carbocycles. The first-order valence-corrected chi connectivity index (χ1v) is 10.0. The SMILES string of the molecule is CC1=C(C(=O)Nc2ccccn2)[C@H](c2ccccc2C)C2C(=O)C[C@@H](C)CC2=N1. The van der Waals surface area contributed by atoms with Crippen molar-refractivity contribution in [3.63, 3.8) is 0 Å². The zero-order chi connectivity index (χ0) is 20.5. The lowest BCUT2D eigenvalue weighted by molar-refractivity contribution is -0.123. The van der Waals surface area contributed by atoms with Gasteiger partial charge in [0.2, 0.25) is 0 Å². The molecule has 5 nitrogen and oxygen atoms in total. The molecule has 4 rings (SSSR count). The summed E-state index contributed by atoms with van der Waals surface area (Å²) in [4.78, 5) is 35.4. The van der Waals surface area contributed by atoms with Crippen LogP contribution in [0.5, 0.6) is 0 Å². The van der Waals surface area contributed by atoms with E-state index in [0.717, 1.165) is 23.3 Å². The van der Waals surface area contributed by atoms with Gasteiger partial charge in [-0.2, -0.15) is 0 Å². The topological polar surface area (TPSA) is 71.4 Å². The Hall–Kier alpha value is -3.08. The largest absolute Gasteiger partial charge is 0.307 e. The van der Waals surface area contributed by atoms with Gasteiger partial charge >= 0.3 is 0 Å². The fraction of sp³-hybridized carbons (Fsp3) is 0.333. The van der Waals surface area contributed by atoms with Gasteiger partial charge in [0.05, 0.1) is 5.92 Å². The maximum Gasteiger partial charge on any atom is 0.255 e. The van der Waals surface area contributed by atoms with Crippen molar-refractivity contribution < 1.29 is 9.59 Å². The average molecular weight is 387 g/mol. The Bertz CT molecular complexity index is 1020. The summed E-state index contributed by atoms with van der Waals surface area (Å²) in [5.74, 6) is -0.00521. The van der Waals surface area contributed by atoms with E-state index in [2.05, 4.69) is 17.2 Å². The number of aryl methyl sites for hydroxylation is 1. The van der Waals surface area contributed by atoms with E-state index >= 15 is 0 Å². The minimum atomic E-state index is -0.375. The van der Waals surface area contributed by atoms with Crippen molar-refractivity contribution in [2.45, 2.75) is 39.5 Å². The number of allylic oxidation sites excluding steroid dienone is 1. The molecule has 1 aliphatic carbocycles. The van der Waals surface area contributed by atoms with Crippen molar-refractivity contribution in [2.75, 3.05) is 5.32 Å². The summed E-state index contributed by atoms with van der Waals surface area (Å²) in [5, 5.41) is 2.89. The van der Waals surface area contributed by atoms with Crippen LogP contribution in [0.2, 0.25) is 0 Å². The molecule has 2 aliphatic rings. The number of aromatic nitrogens is 1. The number of nitrogens with zero attached hydrogens (tertiary/aromatic N) is 2. The third-order valence-corrected chi connectivity index (χ3v) is 5.83. The first-order chi connectivity index (χ1) is 14.0. The highest BCUT2D eigenvalue weighted by Crippen LogP contribution is 2.44. The molecule has 1 aliphatic heterocycles. The number of fused-ring (bicyclic) bond motifs is 1. The molecule has 0 saturated heterocycles. The number of aliphatic imine (C=N–C) groups is 1. The van der Waals surface area contributed by atoms with Crippen molar-refractivity contribution in [3.05, 3.63) is 71.1 Å². The first kappa shape index (κ1) is 19.2. The lowest BCUT2D eigenvalue weighted by Crippen LogP contribution is -2.41. The number of ketones is 1. The molecule has 0 radical (unpaired) electrons. The second kappa shape index (κ2) is 7.74. The van der Waals surface area contributed by atoms with Gasteiger partial charge in [-0.1, -0.05) is 37.3 Å². The zero-order valence-corrected chi connectivity index (χ0v) is 17.0. The smallest absolute Gasteiger partial charge is 0.255 e. The van der Waals surface area contributed by atoms with Gasteiger partial charge in [-0.3, -0.25) is 14.6 Å². The van der Waals surface area contributed by atoms with Crippen LogP contribution in [-0.2, 0) is 9.59 Å². The van der Waals surface area contributed by atoms with E-state index < -0.39 is 0 Å². The molecular weight excluding hydrogens is 362 g/mol.